The third-order valence-corrected chi connectivity index (χ3v) is 3.88. The van der Waals surface area contributed by atoms with E-state index in [4.69, 9.17) is 16.7 Å². The molecule has 0 aliphatic carbocycles. The Morgan fingerprint density at radius 3 is 2.42 bits per heavy atom. The second-order valence-electron chi connectivity index (χ2n) is 4.02. The van der Waals surface area contributed by atoms with Crippen LogP contribution in [0.1, 0.15) is 20.3 Å². The van der Waals surface area contributed by atoms with Crippen molar-refractivity contribution in [1.29, 1.82) is 0 Å². The molecule has 0 aromatic heterocycles. The Hall–Kier alpha value is -1.20. The van der Waals surface area contributed by atoms with Gasteiger partial charge in [-0.1, -0.05) is 18.5 Å². The molecule has 0 spiro atoms. The van der Waals surface area contributed by atoms with Gasteiger partial charge in [0, 0.05) is 9.92 Å². The Balaban J connectivity index is 2.57. The smallest absolute Gasteiger partial charge is 0.326 e. The van der Waals surface area contributed by atoms with E-state index < -0.39 is 12.0 Å². The third-order valence-electron chi connectivity index (χ3n) is 2.52. The van der Waals surface area contributed by atoms with Crippen LogP contribution in [0.25, 0.3) is 0 Å². The maximum Gasteiger partial charge on any atom is 0.326 e. The number of hydrogen-bond acceptors (Lipinski definition) is 3. The largest absolute Gasteiger partial charge is 0.480 e. The molecule has 1 rings (SSSR count). The summed E-state index contributed by atoms with van der Waals surface area (Å²) in [5.41, 5.74) is 0. The Labute approximate surface area is 121 Å². The molecule has 0 radical (unpaired) electrons. The molecule has 0 aliphatic heterocycles. The quantitative estimate of drug-likeness (QED) is 0.793. The molecule has 2 N–H and O–H groups in total. The number of amides is 1. The van der Waals surface area contributed by atoms with Crippen molar-refractivity contribution in [1.82, 2.24) is 5.32 Å². The summed E-state index contributed by atoms with van der Waals surface area (Å²) in [5, 5.41) is 11.7. The van der Waals surface area contributed by atoms with Crippen molar-refractivity contribution in [2.24, 2.45) is 0 Å². The summed E-state index contributed by atoms with van der Waals surface area (Å²) < 4.78 is 0. The minimum Gasteiger partial charge on any atom is -0.480 e. The predicted molar refractivity (Wildman–Crippen MR) is 76.6 cm³/mol. The van der Waals surface area contributed by atoms with Crippen molar-refractivity contribution in [3.63, 3.8) is 0 Å². The number of thioether (sulfide) groups is 1. The number of carbonyl (C=O) groups excluding carboxylic acids is 1. The van der Waals surface area contributed by atoms with Gasteiger partial charge < -0.3 is 10.4 Å². The average molecular weight is 302 g/mol. The maximum atomic E-state index is 11.9. The molecule has 0 saturated heterocycles. The number of carbonyl (C=O) groups is 2. The summed E-state index contributed by atoms with van der Waals surface area (Å²) >= 11 is 7.14. The molecule has 0 aliphatic rings. The van der Waals surface area contributed by atoms with Gasteiger partial charge >= 0.3 is 5.97 Å². The lowest BCUT2D eigenvalue weighted by molar-refractivity contribution is -0.141. The van der Waals surface area contributed by atoms with E-state index in [0.29, 0.717) is 11.4 Å². The van der Waals surface area contributed by atoms with Crippen molar-refractivity contribution in [3.05, 3.63) is 29.3 Å². The van der Waals surface area contributed by atoms with E-state index in [1.165, 1.54) is 11.8 Å². The summed E-state index contributed by atoms with van der Waals surface area (Å²) in [6, 6.07) is 6.32. The fourth-order valence-electron chi connectivity index (χ4n) is 1.40. The van der Waals surface area contributed by atoms with Gasteiger partial charge in [-0.2, -0.15) is 0 Å². The minimum atomic E-state index is -1.01. The molecule has 2 atom stereocenters. The van der Waals surface area contributed by atoms with Crippen LogP contribution < -0.4 is 5.32 Å². The van der Waals surface area contributed by atoms with Crippen LogP contribution in [0, 0.1) is 0 Å². The summed E-state index contributed by atoms with van der Waals surface area (Å²) in [6.45, 7) is 3.46. The van der Waals surface area contributed by atoms with Crippen molar-refractivity contribution >= 4 is 35.2 Å². The molecule has 4 nitrogen and oxygen atoms in total. The van der Waals surface area contributed by atoms with Gasteiger partial charge in [-0.15, -0.1) is 11.8 Å². The molecular weight excluding hydrogens is 286 g/mol. The Bertz CT molecular complexity index is 450. The second-order valence-corrected chi connectivity index (χ2v) is 5.87. The minimum absolute atomic E-state index is 0.283. The van der Waals surface area contributed by atoms with Gasteiger partial charge in [0.15, 0.2) is 0 Å². The zero-order chi connectivity index (χ0) is 14.4. The van der Waals surface area contributed by atoms with E-state index in [1.807, 2.05) is 12.1 Å². The molecule has 6 heteroatoms. The van der Waals surface area contributed by atoms with Crippen LogP contribution in [0.2, 0.25) is 5.02 Å². The van der Waals surface area contributed by atoms with E-state index in [2.05, 4.69) is 5.32 Å². The molecule has 1 aromatic rings. The fourth-order valence-corrected chi connectivity index (χ4v) is 2.40. The molecule has 0 saturated carbocycles. The van der Waals surface area contributed by atoms with Crippen molar-refractivity contribution in [2.75, 3.05) is 0 Å². The van der Waals surface area contributed by atoms with Crippen LogP contribution in [-0.2, 0) is 9.59 Å². The van der Waals surface area contributed by atoms with Gasteiger partial charge in [-0.05, 0) is 37.6 Å². The molecule has 1 amide bonds. The van der Waals surface area contributed by atoms with Crippen LogP contribution in [0.5, 0.6) is 0 Å². The fraction of sp³-hybridized carbons (Fsp3) is 0.385. The summed E-state index contributed by atoms with van der Waals surface area (Å²) in [7, 11) is 0. The van der Waals surface area contributed by atoms with E-state index in [-0.39, 0.29) is 11.2 Å². The van der Waals surface area contributed by atoms with Crippen LogP contribution in [-0.4, -0.2) is 28.3 Å². The van der Waals surface area contributed by atoms with Gasteiger partial charge in [0.1, 0.15) is 6.04 Å². The van der Waals surface area contributed by atoms with Crippen LogP contribution in [0.3, 0.4) is 0 Å². The maximum absolute atomic E-state index is 11.9. The van der Waals surface area contributed by atoms with Gasteiger partial charge in [0.05, 0.1) is 5.25 Å². The SMILES string of the molecule is CCC(NC(=O)C(C)Sc1ccc(Cl)cc1)C(=O)O. The number of nitrogens with one attached hydrogen (secondary N) is 1. The summed E-state index contributed by atoms with van der Waals surface area (Å²) in [4.78, 5) is 23.6. The highest BCUT2D eigenvalue weighted by Gasteiger charge is 2.21. The molecule has 0 heterocycles. The Morgan fingerprint density at radius 1 is 1.37 bits per heavy atom. The number of carboxylic acid groups (broad SMARTS) is 1. The molecule has 2 unspecified atom stereocenters. The lowest BCUT2D eigenvalue weighted by atomic mass is 10.2. The topological polar surface area (TPSA) is 66.4 Å². The number of aliphatic carboxylic acids is 1. The first-order valence-corrected chi connectivity index (χ1v) is 7.15. The number of carboxylic acids is 1. The highest BCUT2D eigenvalue weighted by molar-refractivity contribution is 8.00. The average Bonchev–Trinajstić information content (AvgIpc) is 2.37. The van der Waals surface area contributed by atoms with Crippen LogP contribution in [0.4, 0.5) is 0 Å². The zero-order valence-electron chi connectivity index (χ0n) is 10.7. The highest BCUT2D eigenvalue weighted by atomic mass is 35.5. The van der Waals surface area contributed by atoms with Gasteiger partial charge in [0.2, 0.25) is 5.91 Å². The molecule has 0 bridgehead atoms. The molecule has 19 heavy (non-hydrogen) atoms. The highest BCUT2D eigenvalue weighted by Crippen LogP contribution is 2.24. The van der Waals surface area contributed by atoms with Crippen molar-refractivity contribution in [3.8, 4) is 0 Å². The van der Waals surface area contributed by atoms with Crippen molar-refractivity contribution < 1.29 is 14.7 Å². The normalized spacial score (nSPS) is 13.6. The van der Waals surface area contributed by atoms with Crippen LogP contribution >= 0.6 is 23.4 Å². The van der Waals surface area contributed by atoms with Gasteiger partial charge in [-0.3, -0.25) is 4.79 Å². The van der Waals surface area contributed by atoms with Gasteiger partial charge in [-0.25, -0.2) is 4.79 Å². The van der Waals surface area contributed by atoms with E-state index in [0.717, 1.165) is 4.90 Å². The van der Waals surface area contributed by atoms with Crippen molar-refractivity contribution in [2.45, 2.75) is 36.5 Å². The second kappa shape index (κ2) is 7.40. The predicted octanol–water partition coefficient (Wildman–Crippen LogP) is 2.80. The van der Waals surface area contributed by atoms with E-state index in [1.54, 1.807) is 26.0 Å². The van der Waals surface area contributed by atoms with Gasteiger partial charge in [0.25, 0.3) is 0 Å². The summed E-state index contributed by atoms with van der Waals surface area (Å²) in [6.07, 6.45) is 0.361. The van der Waals surface area contributed by atoms with Crippen LogP contribution in [0.15, 0.2) is 29.2 Å². The first-order valence-electron chi connectivity index (χ1n) is 5.89. The lowest BCUT2D eigenvalue weighted by Crippen LogP contribution is -2.43. The number of hydrogen-bond donors (Lipinski definition) is 2. The lowest BCUT2D eigenvalue weighted by Gasteiger charge is -2.16. The molecule has 0 fully saturated rings. The molecule has 104 valence electrons. The van der Waals surface area contributed by atoms with E-state index >= 15 is 0 Å². The standard InChI is InChI=1S/C13H16ClNO3S/c1-3-11(13(17)18)15-12(16)8(2)19-10-6-4-9(14)5-7-10/h4-8,11H,3H2,1-2H3,(H,15,16)(H,17,18). The number of halogens is 1. The third kappa shape index (κ3) is 5.12. The zero-order valence-corrected chi connectivity index (χ0v) is 12.3. The number of rotatable bonds is 6. The van der Waals surface area contributed by atoms with E-state index in [9.17, 15) is 9.59 Å². The summed E-state index contributed by atoms with van der Waals surface area (Å²) in [5.74, 6) is -1.30. The number of benzene rings is 1. The molecular formula is C13H16ClNO3S. The first-order chi connectivity index (χ1) is 8.93. The Kier molecular flexibility index (Phi) is 6.18. The monoisotopic (exact) mass is 301 g/mol. The Morgan fingerprint density at radius 2 is 1.95 bits per heavy atom. The molecule has 1 aromatic carbocycles. The first kappa shape index (κ1) is 15.9.